The molecule has 9 heteroatoms. The zero-order valence-corrected chi connectivity index (χ0v) is 18.1. The number of nitrogens with zero attached hydrogens (tertiary/aromatic N) is 2. The molecule has 0 aromatic heterocycles. The number of esters is 2. The van der Waals surface area contributed by atoms with Crippen LogP contribution in [-0.4, -0.2) is 29.4 Å². The number of aliphatic imine (C=N–C) groups is 1. The van der Waals surface area contributed by atoms with Crippen molar-refractivity contribution in [2.45, 2.75) is 27.7 Å². The highest BCUT2D eigenvalue weighted by Gasteiger charge is 2.25. The van der Waals surface area contributed by atoms with Gasteiger partial charge in [-0.25, -0.2) is 9.79 Å². The van der Waals surface area contributed by atoms with Crippen LogP contribution in [0.3, 0.4) is 0 Å². The molecule has 3 rings (SSSR count). The lowest BCUT2D eigenvalue weighted by Gasteiger charge is -2.12. The number of hydrogen-bond donors (Lipinski definition) is 0. The Morgan fingerprint density at radius 2 is 1.97 bits per heavy atom. The molecule has 9 nitrogen and oxygen atoms in total. The topological polar surface area (TPSA) is 117 Å². The summed E-state index contributed by atoms with van der Waals surface area (Å²) in [6.45, 7) is 7.22. The molecule has 0 unspecified atom stereocenters. The van der Waals surface area contributed by atoms with Gasteiger partial charge in [0.05, 0.1) is 17.4 Å². The molecule has 0 saturated carbocycles. The maximum Gasteiger partial charge on any atom is 0.363 e. The first-order valence-corrected chi connectivity index (χ1v) is 9.96. The van der Waals surface area contributed by atoms with Gasteiger partial charge < -0.3 is 14.2 Å². The Bertz CT molecular complexity index is 1150. The summed E-state index contributed by atoms with van der Waals surface area (Å²) >= 11 is 0. The summed E-state index contributed by atoms with van der Waals surface area (Å²) in [6, 6.07) is 9.24. The molecule has 0 aliphatic carbocycles. The Balaban J connectivity index is 1.90. The van der Waals surface area contributed by atoms with Crippen LogP contribution in [-0.2, 0) is 14.3 Å². The van der Waals surface area contributed by atoms with Crippen LogP contribution >= 0.6 is 0 Å². The fourth-order valence-electron chi connectivity index (χ4n) is 2.88. The summed E-state index contributed by atoms with van der Waals surface area (Å²) in [5.41, 5.74) is 1.50. The van der Waals surface area contributed by atoms with Crippen molar-refractivity contribution < 1.29 is 28.7 Å². The predicted octanol–water partition coefficient (Wildman–Crippen LogP) is 4.21. The van der Waals surface area contributed by atoms with Gasteiger partial charge in [-0.2, -0.15) is 0 Å². The van der Waals surface area contributed by atoms with Crippen LogP contribution in [0.4, 0.5) is 5.69 Å². The van der Waals surface area contributed by atoms with E-state index in [2.05, 4.69) is 4.99 Å². The minimum atomic E-state index is -0.649. The van der Waals surface area contributed by atoms with Crippen molar-refractivity contribution >= 4 is 29.6 Å². The van der Waals surface area contributed by atoms with Crippen molar-refractivity contribution in [3.8, 4) is 11.5 Å². The van der Waals surface area contributed by atoms with Crippen LogP contribution in [0.25, 0.3) is 6.08 Å². The van der Waals surface area contributed by atoms with E-state index in [0.29, 0.717) is 29.0 Å². The number of cyclic esters (lactones) is 1. The maximum atomic E-state index is 12.3. The smallest absolute Gasteiger partial charge is 0.363 e. The lowest BCUT2D eigenvalue weighted by atomic mass is 10.1. The summed E-state index contributed by atoms with van der Waals surface area (Å²) in [7, 11) is 0. The third-order valence-corrected chi connectivity index (χ3v) is 4.51. The molecule has 2 aromatic carbocycles. The summed E-state index contributed by atoms with van der Waals surface area (Å²) < 4.78 is 16.2. The molecule has 2 aromatic rings. The molecular weight excluding hydrogens is 416 g/mol. The average Bonchev–Trinajstić information content (AvgIpc) is 3.09. The van der Waals surface area contributed by atoms with E-state index in [1.807, 2.05) is 0 Å². The van der Waals surface area contributed by atoms with Gasteiger partial charge in [0.15, 0.2) is 17.2 Å². The minimum Gasteiger partial charge on any atom is -0.490 e. The van der Waals surface area contributed by atoms with Crippen LogP contribution in [0.5, 0.6) is 11.5 Å². The van der Waals surface area contributed by atoms with Crippen LogP contribution in [0.1, 0.15) is 37.5 Å². The highest BCUT2D eigenvalue weighted by molar-refractivity contribution is 6.13. The molecule has 0 atom stereocenters. The van der Waals surface area contributed by atoms with Gasteiger partial charge in [0.2, 0.25) is 5.90 Å². The Hall–Kier alpha value is -4.01. The molecule has 0 saturated heterocycles. The minimum absolute atomic E-state index is 0.0313. The fraction of sp³-hybridized carbons (Fsp3) is 0.261. The monoisotopic (exact) mass is 438 g/mol. The zero-order valence-electron chi connectivity index (χ0n) is 18.1. The number of rotatable bonds is 7. The molecule has 0 N–H and O–H groups in total. The van der Waals surface area contributed by atoms with Crippen LogP contribution in [0, 0.1) is 23.0 Å². The number of carbonyl (C=O) groups excluding carboxylic acids is 2. The van der Waals surface area contributed by atoms with Gasteiger partial charge in [-0.05, 0) is 49.8 Å². The van der Waals surface area contributed by atoms with Crippen molar-refractivity contribution in [1.29, 1.82) is 0 Å². The molecule has 1 aliphatic heterocycles. The number of aryl methyl sites for hydroxylation is 1. The second kappa shape index (κ2) is 9.42. The Kier molecular flexibility index (Phi) is 6.67. The summed E-state index contributed by atoms with van der Waals surface area (Å²) in [5, 5.41) is 11.0. The predicted molar refractivity (Wildman–Crippen MR) is 117 cm³/mol. The van der Waals surface area contributed by atoms with E-state index >= 15 is 0 Å². The van der Waals surface area contributed by atoms with E-state index in [9.17, 15) is 19.7 Å². The van der Waals surface area contributed by atoms with Crippen molar-refractivity contribution in [3.05, 3.63) is 68.9 Å². The van der Waals surface area contributed by atoms with Gasteiger partial charge in [0.1, 0.15) is 0 Å². The lowest BCUT2D eigenvalue weighted by molar-refractivity contribution is -0.385. The van der Waals surface area contributed by atoms with Gasteiger partial charge >= 0.3 is 11.9 Å². The number of nitro groups is 1. The normalized spacial score (nSPS) is 14.3. The molecule has 0 radical (unpaired) electrons. The summed E-state index contributed by atoms with van der Waals surface area (Å²) in [5.74, 6) is -0.625. The second-order valence-corrected chi connectivity index (χ2v) is 7.31. The number of ether oxygens (including phenoxy) is 3. The molecular formula is C23H22N2O7. The Labute approximate surface area is 184 Å². The third-order valence-electron chi connectivity index (χ3n) is 4.51. The molecule has 0 bridgehead atoms. The third kappa shape index (κ3) is 5.00. The van der Waals surface area contributed by atoms with E-state index in [-0.39, 0.29) is 34.9 Å². The van der Waals surface area contributed by atoms with Crippen LogP contribution in [0.2, 0.25) is 0 Å². The molecule has 166 valence electrons. The first kappa shape index (κ1) is 22.7. The number of benzene rings is 2. The van der Waals surface area contributed by atoms with E-state index in [1.165, 1.54) is 24.3 Å². The van der Waals surface area contributed by atoms with Crippen molar-refractivity contribution in [1.82, 2.24) is 0 Å². The van der Waals surface area contributed by atoms with Crippen molar-refractivity contribution in [2.75, 3.05) is 6.61 Å². The zero-order chi connectivity index (χ0) is 23.4. The average molecular weight is 438 g/mol. The number of carbonyl (C=O) groups is 2. The summed E-state index contributed by atoms with van der Waals surface area (Å²) in [4.78, 5) is 39.0. The van der Waals surface area contributed by atoms with Gasteiger partial charge in [-0.15, -0.1) is 0 Å². The number of hydrogen-bond acceptors (Lipinski definition) is 8. The van der Waals surface area contributed by atoms with Gasteiger partial charge in [-0.3, -0.25) is 14.9 Å². The largest absolute Gasteiger partial charge is 0.490 e. The molecule has 0 fully saturated rings. The lowest BCUT2D eigenvalue weighted by Crippen LogP contribution is -2.15. The second-order valence-electron chi connectivity index (χ2n) is 7.31. The van der Waals surface area contributed by atoms with E-state index in [4.69, 9.17) is 14.2 Å². The first-order valence-electron chi connectivity index (χ1n) is 9.96. The fourth-order valence-corrected chi connectivity index (χ4v) is 2.88. The number of nitro benzene ring substituents is 1. The highest BCUT2D eigenvalue weighted by Crippen LogP contribution is 2.31. The van der Waals surface area contributed by atoms with Crippen molar-refractivity contribution in [2.24, 2.45) is 10.9 Å². The molecule has 0 amide bonds. The molecule has 1 aliphatic rings. The highest BCUT2D eigenvalue weighted by atomic mass is 16.6. The Morgan fingerprint density at radius 3 is 2.59 bits per heavy atom. The van der Waals surface area contributed by atoms with Crippen molar-refractivity contribution in [3.63, 3.8) is 0 Å². The van der Waals surface area contributed by atoms with E-state index in [0.717, 1.165) is 0 Å². The first-order chi connectivity index (χ1) is 15.2. The molecule has 1 heterocycles. The molecule has 32 heavy (non-hydrogen) atoms. The maximum absolute atomic E-state index is 12.3. The quantitative estimate of drug-likeness (QED) is 0.209. The standard InChI is InChI=1S/C23H22N2O7/c1-5-30-20-12-15(6-9-19(20)31-22(26)13(2)3)11-17-23(27)32-21(24-17)16-7-8-18(25(28)29)14(4)10-16/h6-13H,5H2,1-4H3/b17-11-. The van der Waals surface area contributed by atoms with E-state index in [1.54, 1.807) is 45.9 Å². The SMILES string of the molecule is CCOc1cc(/C=C2\N=C(c3ccc([N+](=O)[O-])c(C)c3)OC2=O)ccc1OC(=O)C(C)C. The van der Waals surface area contributed by atoms with Gasteiger partial charge in [-0.1, -0.05) is 19.9 Å². The summed E-state index contributed by atoms with van der Waals surface area (Å²) in [6.07, 6.45) is 1.52. The van der Waals surface area contributed by atoms with Crippen LogP contribution < -0.4 is 9.47 Å². The Morgan fingerprint density at radius 1 is 1.22 bits per heavy atom. The van der Waals surface area contributed by atoms with Gasteiger partial charge in [0, 0.05) is 17.2 Å². The molecule has 0 spiro atoms. The van der Waals surface area contributed by atoms with Gasteiger partial charge in [0.25, 0.3) is 5.69 Å². The van der Waals surface area contributed by atoms with E-state index < -0.39 is 10.9 Å². The van der Waals surface area contributed by atoms with Crippen LogP contribution in [0.15, 0.2) is 47.1 Å².